The SMILES string of the molecule is NC(c1cccc2ccsc12)C1OCCc2ccccc21. The van der Waals surface area contributed by atoms with E-state index in [9.17, 15) is 0 Å². The third-order valence-corrected chi connectivity index (χ3v) is 5.20. The molecule has 0 saturated heterocycles. The van der Waals surface area contributed by atoms with Crippen LogP contribution in [0.4, 0.5) is 0 Å². The van der Waals surface area contributed by atoms with Crippen molar-refractivity contribution in [2.75, 3.05) is 6.61 Å². The predicted octanol–water partition coefficient (Wildman–Crippen LogP) is 4.22. The molecule has 3 aromatic rings. The van der Waals surface area contributed by atoms with Gasteiger partial charge in [0.15, 0.2) is 0 Å². The fourth-order valence-corrected chi connectivity index (χ4v) is 4.13. The highest BCUT2D eigenvalue weighted by Crippen LogP contribution is 2.38. The van der Waals surface area contributed by atoms with Crippen LogP contribution in [0, 0.1) is 0 Å². The van der Waals surface area contributed by atoms with Crippen molar-refractivity contribution in [1.82, 2.24) is 0 Å². The van der Waals surface area contributed by atoms with Gasteiger partial charge in [0.05, 0.1) is 12.6 Å². The smallest absolute Gasteiger partial charge is 0.102 e. The van der Waals surface area contributed by atoms with Crippen LogP contribution < -0.4 is 5.73 Å². The summed E-state index contributed by atoms with van der Waals surface area (Å²) in [6.45, 7) is 0.746. The zero-order chi connectivity index (χ0) is 14.2. The number of nitrogens with two attached hydrogens (primary N) is 1. The van der Waals surface area contributed by atoms with Crippen molar-refractivity contribution < 1.29 is 4.74 Å². The highest BCUT2D eigenvalue weighted by Gasteiger charge is 2.28. The third kappa shape index (κ3) is 2.18. The zero-order valence-electron chi connectivity index (χ0n) is 11.7. The molecule has 3 heteroatoms. The minimum Gasteiger partial charge on any atom is -0.371 e. The van der Waals surface area contributed by atoms with Gasteiger partial charge in [-0.15, -0.1) is 11.3 Å². The van der Waals surface area contributed by atoms with Crippen molar-refractivity contribution in [2.45, 2.75) is 18.6 Å². The second kappa shape index (κ2) is 5.26. The Morgan fingerprint density at radius 1 is 1.10 bits per heavy atom. The lowest BCUT2D eigenvalue weighted by atomic mass is 9.90. The molecule has 0 spiro atoms. The van der Waals surface area contributed by atoms with Gasteiger partial charge in [-0.3, -0.25) is 0 Å². The van der Waals surface area contributed by atoms with Crippen LogP contribution in [0.25, 0.3) is 10.1 Å². The molecule has 0 aliphatic carbocycles. The summed E-state index contributed by atoms with van der Waals surface area (Å²) in [6.07, 6.45) is 0.922. The topological polar surface area (TPSA) is 35.2 Å². The summed E-state index contributed by atoms with van der Waals surface area (Å²) in [6, 6.07) is 16.9. The normalized spacial score (nSPS) is 19.4. The van der Waals surface area contributed by atoms with Crippen LogP contribution in [-0.2, 0) is 11.2 Å². The van der Waals surface area contributed by atoms with Crippen LogP contribution >= 0.6 is 11.3 Å². The van der Waals surface area contributed by atoms with Crippen LogP contribution in [0.3, 0.4) is 0 Å². The van der Waals surface area contributed by atoms with E-state index in [4.69, 9.17) is 10.5 Å². The van der Waals surface area contributed by atoms with Crippen molar-refractivity contribution in [3.63, 3.8) is 0 Å². The molecule has 0 saturated carbocycles. The lowest BCUT2D eigenvalue weighted by Crippen LogP contribution is -2.27. The van der Waals surface area contributed by atoms with Crippen LogP contribution in [0.1, 0.15) is 28.8 Å². The average molecular weight is 295 g/mol. The summed E-state index contributed by atoms with van der Waals surface area (Å²) < 4.78 is 7.30. The Bertz CT molecular complexity index is 779. The maximum absolute atomic E-state index is 6.59. The molecule has 0 radical (unpaired) electrons. The van der Waals surface area contributed by atoms with E-state index in [0.29, 0.717) is 0 Å². The Morgan fingerprint density at radius 2 is 2.00 bits per heavy atom. The second-order valence-electron chi connectivity index (χ2n) is 5.45. The van der Waals surface area contributed by atoms with Gasteiger partial charge in [0, 0.05) is 4.70 Å². The molecular formula is C18H17NOS. The second-order valence-corrected chi connectivity index (χ2v) is 6.37. The Balaban J connectivity index is 1.79. The van der Waals surface area contributed by atoms with E-state index in [1.54, 1.807) is 11.3 Å². The van der Waals surface area contributed by atoms with Crippen molar-refractivity contribution in [2.24, 2.45) is 5.73 Å². The van der Waals surface area contributed by atoms with Crippen LogP contribution in [0.5, 0.6) is 0 Å². The zero-order valence-corrected chi connectivity index (χ0v) is 12.5. The van der Waals surface area contributed by atoms with Crippen LogP contribution in [-0.4, -0.2) is 6.61 Å². The molecule has 1 aliphatic rings. The van der Waals surface area contributed by atoms with E-state index < -0.39 is 0 Å². The number of hydrogen-bond donors (Lipinski definition) is 1. The van der Waals surface area contributed by atoms with Gasteiger partial charge in [0.1, 0.15) is 6.10 Å². The summed E-state index contributed by atoms with van der Waals surface area (Å²) in [7, 11) is 0. The first-order valence-corrected chi connectivity index (χ1v) is 8.13. The number of thiophene rings is 1. The molecule has 21 heavy (non-hydrogen) atoms. The monoisotopic (exact) mass is 295 g/mol. The lowest BCUT2D eigenvalue weighted by molar-refractivity contribution is 0.0244. The maximum atomic E-state index is 6.59. The minimum absolute atomic E-state index is 0.0531. The molecule has 106 valence electrons. The molecule has 2 heterocycles. The number of fused-ring (bicyclic) bond motifs is 2. The molecule has 2 unspecified atom stereocenters. The molecule has 1 aromatic heterocycles. The van der Waals surface area contributed by atoms with Gasteiger partial charge >= 0.3 is 0 Å². The maximum Gasteiger partial charge on any atom is 0.102 e. The van der Waals surface area contributed by atoms with Gasteiger partial charge in [-0.05, 0) is 39.9 Å². The Hall–Kier alpha value is -1.68. The largest absolute Gasteiger partial charge is 0.371 e. The molecule has 2 atom stereocenters. The highest BCUT2D eigenvalue weighted by atomic mass is 32.1. The van der Waals surface area contributed by atoms with Crippen molar-refractivity contribution in [1.29, 1.82) is 0 Å². The standard InChI is InChI=1S/C18H17NOS/c19-16(15-7-3-5-13-9-11-21-18(13)15)17-14-6-2-1-4-12(14)8-10-20-17/h1-7,9,11,16-17H,8,10,19H2. The lowest BCUT2D eigenvalue weighted by Gasteiger charge is -2.31. The van der Waals surface area contributed by atoms with Gasteiger partial charge in [0.25, 0.3) is 0 Å². The fraction of sp³-hybridized carbons (Fsp3) is 0.222. The summed E-state index contributed by atoms with van der Waals surface area (Å²) in [4.78, 5) is 0. The van der Waals surface area contributed by atoms with Crippen LogP contribution in [0.2, 0.25) is 0 Å². The highest BCUT2D eigenvalue weighted by molar-refractivity contribution is 7.17. The fourth-order valence-electron chi connectivity index (χ4n) is 3.16. The Morgan fingerprint density at radius 3 is 2.95 bits per heavy atom. The average Bonchev–Trinajstić information content (AvgIpc) is 3.02. The molecule has 2 aromatic carbocycles. The van der Waals surface area contributed by atoms with Gasteiger partial charge in [-0.2, -0.15) is 0 Å². The molecule has 2 N–H and O–H groups in total. The minimum atomic E-state index is -0.131. The van der Waals surface area contributed by atoms with Gasteiger partial charge in [-0.25, -0.2) is 0 Å². The van der Waals surface area contributed by atoms with Gasteiger partial charge in [-0.1, -0.05) is 42.5 Å². The van der Waals surface area contributed by atoms with Crippen molar-refractivity contribution in [3.8, 4) is 0 Å². The summed E-state index contributed by atoms with van der Waals surface area (Å²) >= 11 is 1.75. The molecule has 0 fully saturated rings. The van der Waals surface area contributed by atoms with Gasteiger partial charge in [0.2, 0.25) is 0 Å². The number of rotatable bonds is 2. The summed E-state index contributed by atoms with van der Waals surface area (Å²) in [5.41, 5.74) is 10.4. The number of benzene rings is 2. The van der Waals surface area contributed by atoms with Crippen LogP contribution in [0.15, 0.2) is 53.9 Å². The Labute approximate surface area is 128 Å². The first-order valence-electron chi connectivity index (χ1n) is 7.26. The molecular weight excluding hydrogens is 278 g/mol. The first-order chi connectivity index (χ1) is 10.3. The van der Waals surface area contributed by atoms with E-state index in [1.807, 2.05) is 0 Å². The third-order valence-electron chi connectivity index (χ3n) is 4.23. The van der Waals surface area contributed by atoms with E-state index in [0.717, 1.165) is 13.0 Å². The molecule has 2 nitrogen and oxygen atoms in total. The number of ether oxygens (including phenoxy) is 1. The van der Waals surface area contributed by atoms with E-state index >= 15 is 0 Å². The van der Waals surface area contributed by atoms with Gasteiger partial charge < -0.3 is 10.5 Å². The Kier molecular flexibility index (Phi) is 3.26. The quantitative estimate of drug-likeness (QED) is 0.768. The van der Waals surface area contributed by atoms with Crippen molar-refractivity contribution >= 4 is 21.4 Å². The van der Waals surface area contributed by atoms with E-state index in [-0.39, 0.29) is 12.1 Å². The molecule has 4 rings (SSSR count). The first kappa shape index (κ1) is 13.0. The number of hydrogen-bond acceptors (Lipinski definition) is 3. The summed E-state index contributed by atoms with van der Waals surface area (Å²) in [5.74, 6) is 0. The molecule has 0 bridgehead atoms. The molecule has 0 amide bonds. The summed E-state index contributed by atoms with van der Waals surface area (Å²) in [5, 5.41) is 3.38. The van der Waals surface area contributed by atoms with Crippen molar-refractivity contribution in [3.05, 3.63) is 70.6 Å². The van der Waals surface area contributed by atoms with E-state index in [1.165, 1.54) is 26.8 Å². The molecule has 1 aliphatic heterocycles. The predicted molar refractivity (Wildman–Crippen MR) is 87.6 cm³/mol. The van der Waals surface area contributed by atoms with E-state index in [2.05, 4.69) is 53.9 Å².